The Morgan fingerprint density at radius 2 is 1.81 bits per heavy atom. The Morgan fingerprint density at radius 3 is 2.44 bits per heavy atom. The summed E-state index contributed by atoms with van der Waals surface area (Å²) in [7, 11) is 0. The molecule has 0 unspecified atom stereocenters. The number of unbranched alkanes of at least 4 members (excludes halogenated alkanes) is 1. The normalized spacial score (nSPS) is 10.9. The van der Waals surface area contributed by atoms with Crippen LogP contribution in [0, 0.1) is 0 Å². The van der Waals surface area contributed by atoms with Crippen molar-refractivity contribution in [2.75, 3.05) is 19.7 Å². The lowest BCUT2D eigenvalue weighted by atomic mass is 10.2. The number of aliphatic hydroxyl groups is 1. The summed E-state index contributed by atoms with van der Waals surface area (Å²) in [5.41, 5.74) is 1.37. The van der Waals surface area contributed by atoms with Gasteiger partial charge in [-0.15, -0.1) is 0 Å². The molecule has 0 spiro atoms. The number of aliphatic hydroxyl groups excluding tert-OH is 1. The monoisotopic (exact) mass is 221 g/mol. The fourth-order valence-electron chi connectivity index (χ4n) is 1.87. The summed E-state index contributed by atoms with van der Waals surface area (Å²) in [5.74, 6) is 0. The van der Waals surface area contributed by atoms with E-state index >= 15 is 0 Å². The first kappa shape index (κ1) is 13.2. The van der Waals surface area contributed by atoms with Crippen LogP contribution in [0.15, 0.2) is 30.3 Å². The van der Waals surface area contributed by atoms with Crippen molar-refractivity contribution >= 4 is 0 Å². The van der Waals surface area contributed by atoms with E-state index in [1.165, 1.54) is 12.0 Å². The molecule has 16 heavy (non-hydrogen) atoms. The highest BCUT2D eigenvalue weighted by Gasteiger charge is 2.03. The topological polar surface area (TPSA) is 23.5 Å². The standard InChI is InChI=1S/C14H23NO/c1-2-10-15(11-6-7-12-16)13-14-8-4-3-5-9-14/h3-5,8-9,16H,2,6-7,10-13H2,1H3. The zero-order valence-electron chi connectivity index (χ0n) is 10.2. The first-order chi connectivity index (χ1) is 7.86. The molecule has 1 N–H and O–H groups in total. The van der Waals surface area contributed by atoms with Gasteiger partial charge in [0, 0.05) is 13.2 Å². The summed E-state index contributed by atoms with van der Waals surface area (Å²) in [6.07, 6.45) is 3.18. The molecule has 90 valence electrons. The van der Waals surface area contributed by atoms with Gasteiger partial charge >= 0.3 is 0 Å². The van der Waals surface area contributed by atoms with E-state index in [-0.39, 0.29) is 0 Å². The van der Waals surface area contributed by atoms with Crippen LogP contribution in [0.5, 0.6) is 0 Å². The smallest absolute Gasteiger partial charge is 0.0431 e. The molecule has 2 nitrogen and oxygen atoms in total. The van der Waals surface area contributed by atoms with Gasteiger partial charge in [0.15, 0.2) is 0 Å². The second-order valence-corrected chi connectivity index (χ2v) is 4.19. The summed E-state index contributed by atoms with van der Waals surface area (Å²) in [4.78, 5) is 2.46. The molecule has 0 saturated carbocycles. The minimum Gasteiger partial charge on any atom is -0.396 e. The van der Waals surface area contributed by atoms with E-state index in [9.17, 15) is 0 Å². The van der Waals surface area contributed by atoms with Gasteiger partial charge in [0.2, 0.25) is 0 Å². The summed E-state index contributed by atoms with van der Waals surface area (Å²) < 4.78 is 0. The average molecular weight is 221 g/mol. The Kier molecular flexibility index (Phi) is 6.86. The van der Waals surface area contributed by atoms with E-state index in [4.69, 9.17) is 5.11 Å². The molecule has 0 aliphatic heterocycles. The van der Waals surface area contributed by atoms with Gasteiger partial charge in [-0.05, 0) is 37.9 Å². The highest BCUT2D eigenvalue weighted by atomic mass is 16.2. The van der Waals surface area contributed by atoms with Crippen molar-refractivity contribution in [1.82, 2.24) is 4.90 Å². The van der Waals surface area contributed by atoms with E-state index < -0.39 is 0 Å². The van der Waals surface area contributed by atoms with Crippen LogP contribution in [-0.4, -0.2) is 29.7 Å². The summed E-state index contributed by atoms with van der Waals surface area (Å²) in [5, 5.41) is 8.78. The zero-order valence-corrected chi connectivity index (χ0v) is 10.2. The largest absolute Gasteiger partial charge is 0.396 e. The van der Waals surface area contributed by atoms with Crippen LogP contribution in [0.1, 0.15) is 31.7 Å². The highest BCUT2D eigenvalue weighted by Crippen LogP contribution is 2.06. The van der Waals surface area contributed by atoms with E-state index in [0.29, 0.717) is 6.61 Å². The molecule has 0 bridgehead atoms. The molecule has 0 heterocycles. The van der Waals surface area contributed by atoms with E-state index in [1.54, 1.807) is 0 Å². The molecular weight excluding hydrogens is 198 g/mol. The maximum absolute atomic E-state index is 8.78. The number of benzene rings is 1. The highest BCUT2D eigenvalue weighted by molar-refractivity contribution is 5.14. The van der Waals surface area contributed by atoms with Gasteiger partial charge in [0.1, 0.15) is 0 Å². The number of hydrogen-bond donors (Lipinski definition) is 1. The van der Waals surface area contributed by atoms with Crippen LogP contribution in [0.3, 0.4) is 0 Å². The number of hydrogen-bond acceptors (Lipinski definition) is 2. The number of rotatable bonds is 8. The molecule has 0 radical (unpaired) electrons. The van der Waals surface area contributed by atoms with Gasteiger partial charge in [-0.1, -0.05) is 37.3 Å². The fraction of sp³-hybridized carbons (Fsp3) is 0.571. The first-order valence-electron chi connectivity index (χ1n) is 6.24. The molecule has 0 fully saturated rings. The van der Waals surface area contributed by atoms with E-state index in [1.807, 2.05) is 0 Å². The molecule has 0 aliphatic rings. The van der Waals surface area contributed by atoms with E-state index in [2.05, 4.69) is 42.2 Å². The van der Waals surface area contributed by atoms with Crippen LogP contribution in [0.25, 0.3) is 0 Å². The molecule has 1 aromatic rings. The molecule has 2 heteroatoms. The average Bonchev–Trinajstić information content (AvgIpc) is 2.31. The third-order valence-electron chi connectivity index (χ3n) is 2.67. The third kappa shape index (κ3) is 5.29. The minimum atomic E-state index is 0.311. The van der Waals surface area contributed by atoms with Gasteiger partial charge in [0.05, 0.1) is 0 Å². The molecule has 0 amide bonds. The quantitative estimate of drug-likeness (QED) is 0.682. The SMILES string of the molecule is CCCN(CCCCO)Cc1ccccc1. The molecule has 0 aliphatic carbocycles. The third-order valence-corrected chi connectivity index (χ3v) is 2.67. The van der Waals surface area contributed by atoms with E-state index in [0.717, 1.165) is 32.5 Å². The fourth-order valence-corrected chi connectivity index (χ4v) is 1.87. The van der Waals surface area contributed by atoms with Gasteiger partial charge in [-0.3, -0.25) is 4.90 Å². The molecule has 0 atom stereocenters. The van der Waals surface area contributed by atoms with Crippen LogP contribution in [0.4, 0.5) is 0 Å². The second-order valence-electron chi connectivity index (χ2n) is 4.19. The Hall–Kier alpha value is -0.860. The van der Waals surface area contributed by atoms with Crippen LogP contribution in [-0.2, 0) is 6.54 Å². The lowest BCUT2D eigenvalue weighted by Gasteiger charge is -2.21. The van der Waals surface area contributed by atoms with Gasteiger partial charge < -0.3 is 5.11 Å². The molecular formula is C14H23NO. The van der Waals surface area contributed by atoms with Gasteiger partial charge in [0.25, 0.3) is 0 Å². The van der Waals surface area contributed by atoms with Crippen molar-refractivity contribution in [1.29, 1.82) is 0 Å². The van der Waals surface area contributed by atoms with Crippen LogP contribution in [0.2, 0.25) is 0 Å². The Bertz CT molecular complexity index is 261. The molecule has 1 rings (SSSR count). The lowest BCUT2D eigenvalue weighted by molar-refractivity contribution is 0.236. The maximum atomic E-state index is 8.78. The molecule has 0 saturated heterocycles. The molecule has 0 aromatic heterocycles. The Morgan fingerprint density at radius 1 is 1.06 bits per heavy atom. The summed E-state index contributed by atoms with van der Waals surface area (Å²) in [6.45, 7) is 5.78. The van der Waals surface area contributed by atoms with Crippen LogP contribution >= 0.6 is 0 Å². The van der Waals surface area contributed by atoms with Crippen molar-refractivity contribution < 1.29 is 5.11 Å². The minimum absolute atomic E-state index is 0.311. The first-order valence-corrected chi connectivity index (χ1v) is 6.24. The van der Waals surface area contributed by atoms with Crippen molar-refractivity contribution in [3.63, 3.8) is 0 Å². The lowest BCUT2D eigenvalue weighted by Crippen LogP contribution is -2.25. The predicted molar refractivity (Wildman–Crippen MR) is 68.3 cm³/mol. The molecule has 1 aromatic carbocycles. The van der Waals surface area contributed by atoms with Crippen molar-refractivity contribution in [3.05, 3.63) is 35.9 Å². The van der Waals surface area contributed by atoms with Crippen molar-refractivity contribution in [3.8, 4) is 0 Å². The Labute approximate surface area is 98.9 Å². The number of nitrogens with zero attached hydrogens (tertiary/aromatic N) is 1. The summed E-state index contributed by atoms with van der Waals surface area (Å²) >= 11 is 0. The maximum Gasteiger partial charge on any atom is 0.0431 e. The Balaban J connectivity index is 2.38. The van der Waals surface area contributed by atoms with Crippen molar-refractivity contribution in [2.24, 2.45) is 0 Å². The van der Waals surface area contributed by atoms with Gasteiger partial charge in [-0.25, -0.2) is 0 Å². The second kappa shape index (κ2) is 8.31. The van der Waals surface area contributed by atoms with Gasteiger partial charge in [-0.2, -0.15) is 0 Å². The zero-order chi connectivity index (χ0) is 11.6. The summed E-state index contributed by atoms with van der Waals surface area (Å²) in [6, 6.07) is 10.6. The van der Waals surface area contributed by atoms with Crippen molar-refractivity contribution in [2.45, 2.75) is 32.7 Å². The van der Waals surface area contributed by atoms with Crippen LogP contribution < -0.4 is 0 Å². The predicted octanol–water partition coefficient (Wildman–Crippen LogP) is 2.67.